The highest BCUT2D eigenvalue weighted by Crippen LogP contribution is 2.02. The number of ether oxygens (including phenoxy) is 1. The molecular weight excluding hydrogens is 230 g/mol. The molecule has 5 nitrogen and oxygen atoms in total. The Labute approximate surface area is 108 Å². The number of hydrogen-bond acceptors (Lipinski definition) is 5. The second-order valence-electron chi connectivity index (χ2n) is 4.07. The van der Waals surface area contributed by atoms with Crippen molar-refractivity contribution in [2.45, 2.75) is 46.2 Å². The molecule has 1 aromatic heterocycles. The third-order valence-corrected chi connectivity index (χ3v) is 2.51. The monoisotopic (exact) mass is 251 g/mol. The highest BCUT2D eigenvalue weighted by atomic mass is 16.5. The van der Waals surface area contributed by atoms with Crippen molar-refractivity contribution in [1.29, 1.82) is 0 Å². The smallest absolute Gasteiger partial charge is 0.323 e. The van der Waals surface area contributed by atoms with Gasteiger partial charge in [-0.25, -0.2) is 9.97 Å². The van der Waals surface area contributed by atoms with E-state index in [-0.39, 0.29) is 12.0 Å². The zero-order chi connectivity index (χ0) is 13.4. The molecule has 0 fully saturated rings. The van der Waals surface area contributed by atoms with Crippen molar-refractivity contribution in [2.24, 2.45) is 0 Å². The normalized spacial score (nSPS) is 12.2. The number of carbonyl (C=O) groups excluding carboxylic acids is 1. The van der Waals surface area contributed by atoms with Crippen molar-refractivity contribution < 1.29 is 9.53 Å². The summed E-state index contributed by atoms with van der Waals surface area (Å²) in [6, 6.07) is 1.58. The third-order valence-electron chi connectivity index (χ3n) is 2.51. The van der Waals surface area contributed by atoms with Crippen LogP contribution in [0.4, 0.5) is 0 Å². The van der Waals surface area contributed by atoms with Crippen molar-refractivity contribution in [3.63, 3.8) is 0 Å². The average molecular weight is 251 g/mol. The van der Waals surface area contributed by atoms with Crippen molar-refractivity contribution in [1.82, 2.24) is 15.3 Å². The number of aromatic nitrogens is 2. The standard InChI is InChI=1S/C13H21N3O2/c1-4-6-12(13(17)18-5-2)15-9-11-7-8-14-10(3)16-11/h7-8,12,15H,4-6,9H2,1-3H3. The molecule has 1 unspecified atom stereocenters. The van der Waals surface area contributed by atoms with Gasteiger partial charge in [0.2, 0.25) is 0 Å². The summed E-state index contributed by atoms with van der Waals surface area (Å²) in [5.41, 5.74) is 0.882. The summed E-state index contributed by atoms with van der Waals surface area (Å²) >= 11 is 0. The molecule has 0 aliphatic heterocycles. The lowest BCUT2D eigenvalue weighted by atomic mass is 10.1. The van der Waals surface area contributed by atoms with Crippen LogP contribution in [0.3, 0.4) is 0 Å². The largest absolute Gasteiger partial charge is 0.465 e. The van der Waals surface area contributed by atoms with Gasteiger partial charge < -0.3 is 4.74 Å². The van der Waals surface area contributed by atoms with Gasteiger partial charge in [-0.05, 0) is 26.3 Å². The van der Waals surface area contributed by atoms with Gasteiger partial charge in [0.05, 0.1) is 12.3 Å². The Kier molecular flexibility index (Phi) is 6.28. The van der Waals surface area contributed by atoms with E-state index < -0.39 is 0 Å². The van der Waals surface area contributed by atoms with Crippen LogP contribution in [-0.2, 0) is 16.1 Å². The quantitative estimate of drug-likeness (QED) is 0.746. The Balaban J connectivity index is 2.53. The number of aryl methyl sites for hydroxylation is 1. The van der Waals surface area contributed by atoms with Crippen LogP contribution >= 0.6 is 0 Å². The van der Waals surface area contributed by atoms with E-state index in [0.29, 0.717) is 13.2 Å². The van der Waals surface area contributed by atoms with Gasteiger partial charge in [0.15, 0.2) is 0 Å². The number of rotatable bonds is 7. The molecule has 1 atom stereocenters. The molecule has 1 rings (SSSR count). The molecule has 5 heteroatoms. The highest BCUT2D eigenvalue weighted by molar-refractivity contribution is 5.75. The summed E-state index contributed by atoms with van der Waals surface area (Å²) < 4.78 is 5.03. The lowest BCUT2D eigenvalue weighted by molar-refractivity contribution is -0.145. The van der Waals surface area contributed by atoms with Crippen molar-refractivity contribution in [2.75, 3.05) is 6.61 Å². The minimum atomic E-state index is -0.259. The number of hydrogen-bond donors (Lipinski definition) is 1. The topological polar surface area (TPSA) is 64.1 Å². The van der Waals surface area contributed by atoms with Crippen LogP contribution in [0, 0.1) is 6.92 Å². The molecule has 0 saturated heterocycles. The predicted octanol–water partition coefficient (Wildman–Crippen LogP) is 1.61. The summed E-state index contributed by atoms with van der Waals surface area (Å²) in [7, 11) is 0. The van der Waals surface area contributed by atoms with Gasteiger partial charge >= 0.3 is 5.97 Å². The molecule has 1 heterocycles. The van der Waals surface area contributed by atoms with E-state index in [4.69, 9.17) is 4.74 Å². The number of nitrogens with one attached hydrogen (secondary N) is 1. The maximum atomic E-state index is 11.7. The Morgan fingerprint density at radius 3 is 2.89 bits per heavy atom. The van der Waals surface area contributed by atoms with Gasteiger partial charge in [-0.15, -0.1) is 0 Å². The summed E-state index contributed by atoms with van der Waals surface area (Å²) in [4.78, 5) is 20.0. The van der Waals surface area contributed by atoms with E-state index in [2.05, 4.69) is 15.3 Å². The first kappa shape index (κ1) is 14.6. The summed E-state index contributed by atoms with van der Waals surface area (Å²) in [5.74, 6) is 0.544. The number of nitrogens with zero attached hydrogens (tertiary/aromatic N) is 2. The summed E-state index contributed by atoms with van der Waals surface area (Å²) in [6.45, 7) is 6.66. The molecule has 18 heavy (non-hydrogen) atoms. The van der Waals surface area contributed by atoms with Gasteiger partial charge in [-0.2, -0.15) is 0 Å². The number of esters is 1. The number of carbonyl (C=O) groups is 1. The SMILES string of the molecule is CCCC(NCc1ccnc(C)n1)C(=O)OCC. The zero-order valence-electron chi connectivity index (χ0n) is 11.3. The molecular formula is C13H21N3O2. The van der Waals surface area contributed by atoms with Crippen LogP contribution < -0.4 is 5.32 Å². The predicted molar refractivity (Wildman–Crippen MR) is 68.9 cm³/mol. The van der Waals surface area contributed by atoms with Crippen LogP contribution in [0.2, 0.25) is 0 Å². The molecule has 0 aliphatic rings. The second-order valence-corrected chi connectivity index (χ2v) is 4.07. The molecule has 0 bridgehead atoms. The summed E-state index contributed by atoms with van der Waals surface area (Å²) in [5, 5.41) is 3.18. The van der Waals surface area contributed by atoms with Crippen molar-refractivity contribution in [3.05, 3.63) is 23.8 Å². The van der Waals surface area contributed by atoms with Crippen molar-refractivity contribution in [3.8, 4) is 0 Å². The summed E-state index contributed by atoms with van der Waals surface area (Å²) in [6.07, 6.45) is 3.42. The minimum Gasteiger partial charge on any atom is -0.465 e. The van der Waals surface area contributed by atoms with E-state index in [1.807, 2.05) is 26.8 Å². The molecule has 0 saturated carbocycles. The maximum absolute atomic E-state index is 11.7. The molecule has 0 amide bonds. The molecule has 1 aromatic rings. The van der Waals surface area contributed by atoms with Crippen LogP contribution in [0.25, 0.3) is 0 Å². The fourth-order valence-corrected chi connectivity index (χ4v) is 1.67. The molecule has 100 valence electrons. The molecule has 1 N–H and O–H groups in total. The molecule has 0 aliphatic carbocycles. The van der Waals surface area contributed by atoms with E-state index >= 15 is 0 Å². The van der Waals surface area contributed by atoms with Crippen molar-refractivity contribution >= 4 is 5.97 Å². The minimum absolute atomic E-state index is 0.190. The molecule has 0 radical (unpaired) electrons. The molecule has 0 spiro atoms. The van der Waals surface area contributed by atoms with Crippen LogP contribution in [0.15, 0.2) is 12.3 Å². The van der Waals surface area contributed by atoms with Gasteiger partial charge in [-0.1, -0.05) is 13.3 Å². The molecule has 0 aromatic carbocycles. The first-order chi connectivity index (χ1) is 8.67. The van der Waals surface area contributed by atoms with Gasteiger partial charge in [-0.3, -0.25) is 10.1 Å². The Bertz CT molecular complexity index is 382. The van der Waals surface area contributed by atoms with Gasteiger partial charge in [0, 0.05) is 12.7 Å². The Morgan fingerprint density at radius 1 is 1.50 bits per heavy atom. The Hall–Kier alpha value is -1.49. The van der Waals surface area contributed by atoms with E-state index in [9.17, 15) is 4.79 Å². The van der Waals surface area contributed by atoms with Gasteiger partial charge in [0.25, 0.3) is 0 Å². The van der Waals surface area contributed by atoms with E-state index in [0.717, 1.165) is 24.4 Å². The van der Waals surface area contributed by atoms with E-state index in [1.54, 1.807) is 6.20 Å². The third kappa shape index (κ3) is 4.79. The fourth-order valence-electron chi connectivity index (χ4n) is 1.67. The average Bonchev–Trinajstić information content (AvgIpc) is 2.35. The van der Waals surface area contributed by atoms with Crippen LogP contribution in [0.5, 0.6) is 0 Å². The van der Waals surface area contributed by atoms with Gasteiger partial charge in [0.1, 0.15) is 11.9 Å². The maximum Gasteiger partial charge on any atom is 0.323 e. The first-order valence-corrected chi connectivity index (χ1v) is 6.35. The lowest BCUT2D eigenvalue weighted by Crippen LogP contribution is -2.37. The highest BCUT2D eigenvalue weighted by Gasteiger charge is 2.18. The first-order valence-electron chi connectivity index (χ1n) is 6.35. The van der Waals surface area contributed by atoms with Crippen LogP contribution in [0.1, 0.15) is 38.2 Å². The fraction of sp³-hybridized carbons (Fsp3) is 0.615. The Morgan fingerprint density at radius 2 is 2.28 bits per heavy atom. The zero-order valence-corrected chi connectivity index (χ0v) is 11.3. The van der Waals surface area contributed by atoms with E-state index in [1.165, 1.54) is 0 Å². The second kappa shape index (κ2) is 7.76. The van der Waals surface area contributed by atoms with Crippen LogP contribution in [-0.4, -0.2) is 28.6 Å². The lowest BCUT2D eigenvalue weighted by Gasteiger charge is -2.16.